The van der Waals surface area contributed by atoms with E-state index < -0.39 is 36.2 Å². The Morgan fingerprint density at radius 1 is 1.59 bits per heavy atom. The number of hydrogen-bond acceptors (Lipinski definition) is 8. The third kappa shape index (κ3) is 1.74. The summed E-state index contributed by atoms with van der Waals surface area (Å²) in [7, 11) is 0. The zero-order valence-corrected chi connectivity index (χ0v) is 11.2. The molecule has 2 aromatic heterocycles. The molecule has 0 radical (unpaired) electrons. The summed E-state index contributed by atoms with van der Waals surface area (Å²) in [5.74, 6) is -0.169. The van der Waals surface area contributed by atoms with E-state index in [0.717, 1.165) is 4.57 Å². The molecule has 1 saturated heterocycles. The highest BCUT2D eigenvalue weighted by atomic mass is 16.6. The number of aliphatic hydroxyl groups is 3. The van der Waals surface area contributed by atoms with Crippen molar-refractivity contribution in [1.82, 2.24) is 14.5 Å². The van der Waals surface area contributed by atoms with Crippen molar-refractivity contribution in [1.29, 1.82) is 5.26 Å². The average molecular weight is 307 g/mol. The maximum Gasteiger partial charge on any atom is 0.265 e. The fourth-order valence-electron chi connectivity index (χ4n) is 2.60. The largest absolute Gasteiger partial charge is 0.394 e. The van der Waals surface area contributed by atoms with Gasteiger partial charge in [-0.15, -0.1) is 0 Å². The van der Waals surface area contributed by atoms with Crippen LogP contribution in [0.5, 0.6) is 0 Å². The first-order valence-corrected chi connectivity index (χ1v) is 6.38. The van der Waals surface area contributed by atoms with E-state index in [-0.39, 0.29) is 17.0 Å². The number of hydrogen-bond donors (Lipinski definition) is 5. The SMILES string of the molecule is N#C[C@@]1(n2ccc3c(=O)[nH]c(N)nc32)O[C@H](CO)[C@@H](O)[C@H]1O. The van der Waals surface area contributed by atoms with Crippen LogP contribution in [0.15, 0.2) is 17.1 Å². The Morgan fingerprint density at radius 3 is 2.91 bits per heavy atom. The lowest BCUT2D eigenvalue weighted by molar-refractivity contribution is -0.104. The number of rotatable bonds is 2. The number of aliphatic hydroxyl groups excluding tert-OH is 3. The number of anilines is 1. The Balaban J connectivity index is 2.25. The molecule has 22 heavy (non-hydrogen) atoms. The second-order valence-corrected chi connectivity index (χ2v) is 4.96. The van der Waals surface area contributed by atoms with E-state index in [2.05, 4.69) is 9.97 Å². The molecule has 1 fully saturated rings. The van der Waals surface area contributed by atoms with Crippen molar-refractivity contribution in [2.45, 2.75) is 24.0 Å². The minimum atomic E-state index is -2.03. The fraction of sp³-hybridized carbons (Fsp3) is 0.417. The van der Waals surface area contributed by atoms with Gasteiger partial charge in [0.05, 0.1) is 12.0 Å². The summed E-state index contributed by atoms with van der Waals surface area (Å²) in [6, 6.07) is 3.17. The number of nitriles is 1. The smallest absolute Gasteiger partial charge is 0.265 e. The van der Waals surface area contributed by atoms with Crippen molar-refractivity contribution in [2.24, 2.45) is 0 Å². The zero-order chi connectivity index (χ0) is 16.1. The summed E-state index contributed by atoms with van der Waals surface area (Å²) in [4.78, 5) is 18.1. The summed E-state index contributed by atoms with van der Waals surface area (Å²) in [5.41, 5.74) is 2.98. The molecule has 6 N–H and O–H groups in total. The molecule has 0 aliphatic carbocycles. The molecule has 0 aromatic carbocycles. The Morgan fingerprint density at radius 2 is 2.32 bits per heavy atom. The van der Waals surface area contributed by atoms with Gasteiger partial charge in [0.25, 0.3) is 11.3 Å². The highest BCUT2D eigenvalue weighted by Crippen LogP contribution is 2.37. The van der Waals surface area contributed by atoms with E-state index in [1.807, 2.05) is 0 Å². The first kappa shape index (κ1) is 14.5. The molecule has 3 rings (SSSR count). The molecule has 0 amide bonds. The van der Waals surface area contributed by atoms with Crippen LogP contribution in [0.3, 0.4) is 0 Å². The second kappa shape index (κ2) is 4.79. The van der Waals surface area contributed by atoms with E-state index in [0.29, 0.717) is 0 Å². The van der Waals surface area contributed by atoms with Crippen molar-refractivity contribution < 1.29 is 20.1 Å². The van der Waals surface area contributed by atoms with Gasteiger partial charge in [-0.25, -0.2) is 0 Å². The van der Waals surface area contributed by atoms with Crippen LogP contribution < -0.4 is 11.3 Å². The maximum absolute atomic E-state index is 11.8. The topological polar surface area (TPSA) is 170 Å². The van der Waals surface area contributed by atoms with Crippen molar-refractivity contribution >= 4 is 17.0 Å². The van der Waals surface area contributed by atoms with Crippen LogP contribution in [-0.2, 0) is 10.5 Å². The Bertz CT molecular complexity index is 823. The monoisotopic (exact) mass is 307 g/mol. The third-order valence-electron chi connectivity index (χ3n) is 3.71. The summed E-state index contributed by atoms with van der Waals surface area (Å²) < 4.78 is 6.49. The van der Waals surface area contributed by atoms with Gasteiger partial charge in [0, 0.05) is 6.20 Å². The highest BCUT2D eigenvalue weighted by molar-refractivity contribution is 5.76. The molecule has 0 saturated carbocycles. The number of nitrogens with zero attached hydrogens (tertiary/aromatic N) is 3. The molecule has 0 spiro atoms. The number of aromatic amines is 1. The number of aromatic nitrogens is 3. The van der Waals surface area contributed by atoms with Gasteiger partial charge in [0.1, 0.15) is 24.4 Å². The molecule has 4 atom stereocenters. The van der Waals surface area contributed by atoms with Crippen LogP contribution in [0.4, 0.5) is 5.95 Å². The van der Waals surface area contributed by atoms with Gasteiger partial charge < -0.3 is 25.8 Å². The van der Waals surface area contributed by atoms with Gasteiger partial charge >= 0.3 is 0 Å². The summed E-state index contributed by atoms with van der Waals surface area (Å²) in [6.07, 6.45) is -2.94. The van der Waals surface area contributed by atoms with Gasteiger partial charge in [-0.3, -0.25) is 14.3 Å². The molecule has 0 unspecified atom stereocenters. The van der Waals surface area contributed by atoms with Crippen LogP contribution in [0.25, 0.3) is 11.0 Å². The van der Waals surface area contributed by atoms with Crippen molar-refractivity contribution in [3.8, 4) is 6.07 Å². The number of nitrogens with two attached hydrogens (primary N) is 1. The first-order chi connectivity index (χ1) is 10.4. The minimum Gasteiger partial charge on any atom is -0.394 e. The van der Waals surface area contributed by atoms with E-state index in [1.165, 1.54) is 12.3 Å². The molecule has 3 heterocycles. The lowest BCUT2D eigenvalue weighted by atomic mass is 10.0. The van der Waals surface area contributed by atoms with Gasteiger partial charge in [-0.05, 0) is 6.07 Å². The standard InChI is InChI=1S/C12H13N5O5/c13-4-12(8(20)7(19)6(3-18)22-12)17-2-1-5-9(17)15-11(14)16-10(5)21/h1-2,6-8,18-20H,3H2,(H3,14,15,16,21)/t6-,7-,8-,12-/m1/s1. The molecular formula is C12H13N5O5. The normalized spacial score (nSPS) is 31.5. The van der Waals surface area contributed by atoms with Crippen LogP contribution in [0.2, 0.25) is 0 Å². The van der Waals surface area contributed by atoms with Crippen molar-refractivity contribution in [2.75, 3.05) is 12.3 Å². The van der Waals surface area contributed by atoms with Gasteiger partial charge in [-0.2, -0.15) is 10.2 Å². The minimum absolute atomic E-state index is 0.0210. The number of ether oxygens (including phenoxy) is 1. The number of H-pyrrole nitrogens is 1. The molecule has 0 bridgehead atoms. The van der Waals surface area contributed by atoms with Crippen LogP contribution >= 0.6 is 0 Å². The Labute approximate surface area is 123 Å². The molecule has 1 aliphatic rings. The molecule has 1 aliphatic heterocycles. The van der Waals surface area contributed by atoms with Crippen LogP contribution in [0.1, 0.15) is 0 Å². The van der Waals surface area contributed by atoms with E-state index in [1.54, 1.807) is 6.07 Å². The lowest BCUT2D eigenvalue weighted by Crippen LogP contribution is -2.44. The first-order valence-electron chi connectivity index (χ1n) is 6.38. The summed E-state index contributed by atoms with van der Waals surface area (Å²) >= 11 is 0. The molecule has 2 aromatic rings. The van der Waals surface area contributed by atoms with E-state index in [9.17, 15) is 25.4 Å². The second-order valence-electron chi connectivity index (χ2n) is 4.96. The molecule has 10 heteroatoms. The maximum atomic E-state index is 11.8. The van der Waals surface area contributed by atoms with Crippen LogP contribution in [-0.4, -0.2) is 54.8 Å². The lowest BCUT2D eigenvalue weighted by Gasteiger charge is -2.26. The fourth-order valence-corrected chi connectivity index (χ4v) is 2.60. The van der Waals surface area contributed by atoms with E-state index >= 15 is 0 Å². The molecular weight excluding hydrogens is 294 g/mol. The van der Waals surface area contributed by atoms with Crippen molar-refractivity contribution in [3.63, 3.8) is 0 Å². The predicted molar refractivity (Wildman–Crippen MR) is 72.3 cm³/mol. The number of nitrogen functional groups attached to an aromatic ring is 1. The third-order valence-corrected chi connectivity index (χ3v) is 3.71. The molecule has 116 valence electrons. The number of nitrogens with one attached hydrogen (secondary N) is 1. The van der Waals surface area contributed by atoms with Gasteiger partial charge in [-0.1, -0.05) is 0 Å². The average Bonchev–Trinajstić information content (AvgIpc) is 3.01. The Kier molecular flexibility index (Phi) is 3.15. The van der Waals surface area contributed by atoms with Crippen LogP contribution in [0, 0.1) is 11.3 Å². The zero-order valence-electron chi connectivity index (χ0n) is 11.2. The molecule has 10 nitrogen and oxygen atoms in total. The number of fused-ring (bicyclic) bond motifs is 1. The summed E-state index contributed by atoms with van der Waals surface area (Å²) in [5, 5.41) is 38.9. The quantitative estimate of drug-likeness (QED) is 0.408. The predicted octanol–water partition coefficient (Wildman–Crippen LogP) is -2.40. The highest BCUT2D eigenvalue weighted by Gasteiger charge is 2.56. The Hall–Kier alpha value is -2.45. The van der Waals surface area contributed by atoms with Gasteiger partial charge in [0.15, 0.2) is 5.65 Å². The van der Waals surface area contributed by atoms with E-state index in [4.69, 9.17) is 10.5 Å². The summed E-state index contributed by atoms with van der Waals surface area (Å²) in [6.45, 7) is -0.586. The van der Waals surface area contributed by atoms with Gasteiger partial charge in [0.2, 0.25) is 5.95 Å². The van der Waals surface area contributed by atoms with Crippen molar-refractivity contribution in [3.05, 3.63) is 22.6 Å².